The minimum atomic E-state index is 0.782. The highest BCUT2D eigenvalue weighted by molar-refractivity contribution is 5.64. The minimum absolute atomic E-state index is 0.782. The van der Waals surface area contributed by atoms with Crippen LogP contribution in [0.3, 0.4) is 0 Å². The zero-order valence-corrected chi connectivity index (χ0v) is 13.9. The maximum absolute atomic E-state index is 5.94. The van der Waals surface area contributed by atoms with Crippen LogP contribution in [0.1, 0.15) is 6.42 Å². The van der Waals surface area contributed by atoms with Crippen molar-refractivity contribution in [2.45, 2.75) is 6.42 Å². The van der Waals surface area contributed by atoms with E-state index in [0.29, 0.717) is 0 Å². The minimum Gasteiger partial charge on any atom is -0.494 e. The number of hydrogen-bond donors (Lipinski definition) is 0. The number of likely N-dealkylation sites (N-methyl/N-ethyl adjacent to an activating group) is 1. The molecule has 1 saturated heterocycles. The number of ether oxygens (including phenoxy) is 1. The van der Waals surface area contributed by atoms with E-state index in [-0.39, 0.29) is 0 Å². The summed E-state index contributed by atoms with van der Waals surface area (Å²) in [4.78, 5) is 4.92. The van der Waals surface area contributed by atoms with Gasteiger partial charge in [-0.3, -0.25) is 0 Å². The van der Waals surface area contributed by atoms with Crippen LogP contribution < -0.4 is 4.74 Å². The fourth-order valence-corrected chi connectivity index (χ4v) is 2.95. The van der Waals surface area contributed by atoms with Gasteiger partial charge in [-0.1, -0.05) is 42.5 Å². The Balaban J connectivity index is 1.45. The van der Waals surface area contributed by atoms with Gasteiger partial charge in [0.1, 0.15) is 5.75 Å². The number of hydrogen-bond acceptors (Lipinski definition) is 3. The zero-order valence-electron chi connectivity index (χ0n) is 13.9. The van der Waals surface area contributed by atoms with Crippen molar-refractivity contribution < 1.29 is 4.74 Å². The monoisotopic (exact) mass is 310 g/mol. The summed E-state index contributed by atoms with van der Waals surface area (Å²) in [6.45, 7) is 6.64. The molecule has 0 bridgehead atoms. The largest absolute Gasteiger partial charge is 0.494 e. The van der Waals surface area contributed by atoms with Gasteiger partial charge >= 0.3 is 0 Å². The Morgan fingerprint density at radius 2 is 1.61 bits per heavy atom. The lowest BCUT2D eigenvalue weighted by Crippen LogP contribution is -2.44. The molecule has 1 aliphatic rings. The molecule has 0 aliphatic carbocycles. The molecule has 0 amide bonds. The highest BCUT2D eigenvalue weighted by atomic mass is 16.5. The number of benzene rings is 2. The fourth-order valence-electron chi connectivity index (χ4n) is 2.95. The van der Waals surface area contributed by atoms with Crippen LogP contribution in [0, 0.1) is 0 Å². The molecule has 1 aliphatic heterocycles. The lowest BCUT2D eigenvalue weighted by molar-refractivity contribution is 0.145. The van der Waals surface area contributed by atoms with Crippen LogP contribution in [0.2, 0.25) is 0 Å². The molecule has 1 fully saturated rings. The van der Waals surface area contributed by atoms with Gasteiger partial charge in [-0.25, -0.2) is 0 Å². The second-order valence-corrected chi connectivity index (χ2v) is 6.24. The van der Waals surface area contributed by atoms with Gasteiger partial charge in [-0.2, -0.15) is 0 Å². The molecule has 0 aromatic heterocycles. The van der Waals surface area contributed by atoms with E-state index in [9.17, 15) is 0 Å². The third-order valence-electron chi connectivity index (χ3n) is 4.42. The summed E-state index contributed by atoms with van der Waals surface area (Å²) < 4.78 is 5.94. The average Bonchev–Trinajstić information content (AvgIpc) is 2.61. The van der Waals surface area contributed by atoms with E-state index in [1.807, 2.05) is 12.1 Å². The Morgan fingerprint density at radius 1 is 0.870 bits per heavy atom. The Bertz CT molecular complexity index is 592. The fraction of sp³-hybridized carbons (Fsp3) is 0.400. The first-order valence-electron chi connectivity index (χ1n) is 8.50. The van der Waals surface area contributed by atoms with E-state index in [1.165, 1.54) is 37.3 Å². The summed E-state index contributed by atoms with van der Waals surface area (Å²) in [6.07, 6.45) is 1.08. The van der Waals surface area contributed by atoms with E-state index in [0.717, 1.165) is 25.3 Å². The zero-order chi connectivity index (χ0) is 15.9. The topological polar surface area (TPSA) is 15.7 Å². The normalized spacial score (nSPS) is 16.4. The first kappa shape index (κ1) is 16.0. The molecule has 0 atom stereocenters. The molecule has 0 spiro atoms. The molecule has 2 aromatic carbocycles. The maximum Gasteiger partial charge on any atom is 0.119 e. The molecule has 3 rings (SSSR count). The van der Waals surface area contributed by atoms with Gasteiger partial charge in [0.05, 0.1) is 6.61 Å². The van der Waals surface area contributed by atoms with Crippen molar-refractivity contribution >= 4 is 0 Å². The van der Waals surface area contributed by atoms with Crippen LogP contribution in [-0.2, 0) is 0 Å². The van der Waals surface area contributed by atoms with Gasteiger partial charge < -0.3 is 14.5 Å². The van der Waals surface area contributed by atoms with Crippen LogP contribution in [0.25, 0.3) is 11.1 Å². The Morgan fingerprint density at radius 3 is 2.39 bits per heavy atom. The van der Waals surface area contributed by atoms with Crippen molar-refractivity contribution in [3.8, 4) is 16.9 Å². The summed E-state index contributed by atoms with van der Waals surface area (Å²) in [5.41, 5.74) is 2.44. The lowest BCUT2D eigenvalue weighted by atomic mass is 10.1. The van der Waals surface area contributed by atoms with Crippen LogP contribution in [0.4, 0.5) is 0 Å². The molecule has 0 unspecified atom stereocenters. The van der Waals surface area contributed by atoms with E-state index in [1.54, 1.807) is 0 Å². The van der Waals surface area contributed by atoms with Gasteiger partial charge in [0, 0.05) is 32.7 Å². The summed E-state index contributed by atoms with van der Waals surface area (Å²) >= 11 is 0. The van der Waals surface area contributed by atoms with Gasteiger partial charge in [-0.05, 0) is 36.7 Å². The molecule has 23 heavy (non-hydrogen) atoms. The van der Waals surface area contributed by atoms with Crippen molar-refractivity contribution in [2.24, 2.45) is 0 Å². The predicted octanol–water partition coefficient (Wildman–Crippen LogP) is 3.37. The third-order valence-corrected chi connectivity index (χ3v) is 4.42. The van der Waals surface area contributed by atoms with Crippen LogP contribution in [-0.4, -0.2) is 56.2 Å². The van der Waals surface area contributed by atoms with Gasteiger partial charge in [-0.15, -0.1) is 0 Å². The molecule has 3 heteroatoms. The molecule has 0 radical (unpaired) electrons. The molecular formula is C20H26N2O. The summed E-state index contributed by atoms with van der Waals surface area (Å²) in [5, 5.41) is 0. The second-order valence-electron chi connectivity index (χ2n) is 6.24. The maximum atomic E-state index is 5.94. The standard InChI is InChI=1S/C20H26N2O/c1-21-12-14-22(15-13-21)11-6-16-23-20-10-5-9-19(17-20)18-7-3-2-4-8-18/h2-5,7-10,17H,6,11-16H2,1H3. The highest BCUT2D eigenvalue weighted by Crippen LogP contribution is 2.23. The summed E-state index contributed by atoms with van der Waals surface area (Å²) in [7, 11) is 2.19. The van der Waals surface area contributed by atoms with Gasteiger partial charge in [0.25, 0.3) is 0 Å². The smallest absolute Gasteiger partial charge is 0.119 e. The van der Waals surface area contributed by atoms with E-state index >= 15 is 0 Å². The molecule has 0 saturated carbocycles. The average molecular weight is 310 g/mol. The second kappa shape index (κ2) is 8.14. The molecule has 0 N–H and O–H groups in total. The molecular weight excluding hydrogens is 284 g/mol. The lowest BCUT2D eigenvalue weighted by Gasteiger charge is -2.32. The van der Waals surface area contributed by atoms with Gasteiger partial charge in [0.15, 0.2) is 0 Å². The Labute approximate surface area is 139 Å². The van der Waals surface area contributed by atoms with Gasteiger partial charge in [0.2, 0.25) is 0 Å². The van der Waals surface area contributed by atoms with Crippen molar-refractivity contribution in [1.29, 1.82) is 0 Å². The molecule has 2 aromatic rings. The first-order chi connectivity index (χ1) is 11.3. The Kier molecular flexibility index (Phi) is 5.67. The Hall–Kier alpha value is -1.84. The number of piperazine rings is 1. The highest BCUT2D eigenvalue weighted by Gasteiger charge is 2.12. The molecule has 3 nitrogen and oxygen atoms in total. The van der Waals surface area contributed by atoms with Crippen LogP contribution in [0.15, 0.2) is 54.6 Å². The van der Waals surface area contributed by atoms with E-state index in [4.69, 9.17) is 4.74 Å². The van der Waals surface area contributed by atoms with Crippen LogP contribution in [0.5, 0.6) is 5.75 Å². The predicted molar refractivity (Wildman–Crippen MR) is 95.9 cm³/mol. The summed E-state index contributed by atoms with van der Waals surface area (Å²) in [6, 6.07) is 18.8. The summed E-state index contributed by atoms with van der Waals surface area (Å²) in [5.74, 6) is 0.963. The molecule has 122 valence electrons. The number of rotatable bonds is 6. The molecule has 1 heterocycles. The van der Waals surface area contributed by atoms with Crippen molar-refractivity contribution in [2.75, 3.05) is 46.4 Å². The SMILES string of the molecule is CN1CCN(CCCOc2cccc(-c3ccccc3)c2)CC1. The quantitative estimate of drug-likeness (QED) is 0.761. The van der Waals surface area contributed by atoms with E-state index < -0.39 is 0 Å². The van der Waals surface area contributed by atoms with Crippen LogP contribution >= 0.6 is 0 Å². The van der Waals surface area contributed by atoms with Crippen molar-refractivity contribution in [3.05, 3.63) is 54.6 Å². The van der Waals surface area contributed by atoms with Crippen molar-refractivity contribution in [1.82, 2.24) is 9.80 Å². The number of nitrogens with zero attached hydrogens (tertiary/aromatic N) is 2. The van der Waals surface area contributed by atoms with E-state index in [2.05, 4.69) is 59.3 Å². The first-order valence-corrected chi connectivity index (χ1v) is 8.50. The third kappa shape index (κ3) is 4.81. The van der Waals surface area contributed by atoms with Crippen molar-refractivity contribution in [3.63, 3.8) is 0 Å².